The minimum Gasteiger partial charge on any atom is -0.466 e. The van der Waals surface area contributed by atoms with Gasteiger partial charge in [-0.2, -0.15) is 0 Å². The summed E-state index contributed by atoms with van der Waals surface area (Å²) < 4.78 is 4.61. The van der Waals surface area contributed by atoms with Crippen molar-refractivity contribution in [2.45, 2.75) is 12.8 Å². The highest BCUT2D eigenvalue weighted by Gasteiger charge is 2.19. The minimum absolute atomic E-state index is 0.0914. The summed E-state index contributed by atoms with van der Waals surface area (Å²) in [7, 11) is 0. The molecule has 0 amide bonds. The molecule has 0 aliphatic carbocycles. The van der Waals surface area contributed by atoms with Crippen LogP contribution in [0.15, 0.2) is 0 Å². The first-order valence-electron chi connectivity index (χ1n) is 2.94. The molecule has 1 fully saturated rings. The third kappa shape index (κ3) is 1.52. The number of esters is 1. The lowest BCUT2D eigenvalue weighted by Crippen LogP contribution is -2.21. The van der Waals surface area contributed by atoms with Gasteiger partial charge in [0.2, 0.25) is 0 Å². The van der Waals surface area contributed by atoms with E-state index in [9.17, 15) is 9.59 Å². The molecular formula is C6H8O3. The summed E-state index contributed by atoms with van der Waals surface area (Å²) in [5.41, 5.74) is 0. The molecule has 0 radical (unpaired) electrons. The topological polar surface area (TPSA) is 43.4 Å². The van der Waals surface area contributed by atoms with E-state index < -0.39 is 0 Å². The molecule has 1 saturated heterocycles. The van der Waals surface area contributed by atoms with E-state index in [1.165, 1.54) is 0 Å². The monoisotopic (exact) mass is 128 g/mol. The lowest BCUT2D eigenvalue weighted by atomic mass is 10.0. The predicted molar refractivity (Wildman–Crippen MR) is 29.7 cm³/mol. The molecule has 0 aromatic heterocycles. The van der Waals surface area contributed by atoms with Gasteiger partial charge >= 0.3 is 5.97 Å². The van der Waals surface area contributed by atoms with E-state index in [4.69, 9.17) is 0 Å². The molecule has 1 atom stereocenters. The largest absolute Gasteiger partial charge is 0.466 e. The van der Waals surface area contributed by atoms with Gasteiger partial charge in [0, 0.05) is 5.92 Å². The maximum Gasteiger partial charge on any atom is 0.306 e. The van der Waals surface area contributed by atoms with E-state index in [1.807, 2.05) is 0 Å². The van der Waals surface area contributed by atoms with Gasteiger partial charge in [0.05, 0.1) is 13.0 Å². The number of aldehydes is 1. The molecule has 0 aromatic rings. The Morgan fingerprint density at radius 2 is 2.44 bits per heavy atom. The molecule has 3 heteroatoms. The van der Waals surface area contributed by atoms with Gasteiger partial charge < -0.3 is 9.53 Å². The van der Waals surface area contributed by atoms with E-state index in [-0.39, 0.29) is 18.3 Å². The van der Waals surface area contributed by atoms with Crippen LogP contribution in [0.1, 0.15) is 12.8 Å². The first kappa shape index (κ1) is 6.26. The van der Waals surface area contributed by atoms with Gasteiger partial charge in [0.25, 0.3) is 0 Å². The number of carbonyl (C=O) groups excluding carboxylic acids is 2. The fourth-order valence-corrected chi connectivity index (χ4v) is 0.815. The molecule has 0 N–H and O–H groups in total. The van der Waals surface area contributed by atoms with Gasteiger partial charge in [-0.1, -0.05) is 0 Å². The number of ether oxygens (including phenoxy) is 1. The number of carbonyl (C=O) groups is 2. The minimum atomic E-state index is -0.252. The number of rotatable bonds is 1. The second kappa shape index (κ2) is 2.62. The van der Waals surface area contributed by atoms with Crippen LogP contribution in [0.5, 0.6) is 0 Å². The fourth-order valence-electron chi connectivity index (χ4n) is 0.815. The van der Waals surface area contributed by atoms with E-state index in [1.54, 1.807) is 0 Å². The summed E-state index contributed by atoms with van der Waals surface area (Å²) in [6.07, 6.45) is 1.78. The summed E-state index contributed by atoms with van der Waals surface area (Å²) in [6, 6.07) is 0. The second-order valence-corrected chi connectivity index (χ2v) is 2.11. The van der Waals surface area contributed by atoms with Crippen molar-refractivity contribution in [3.05, 3.63) is 0 Å². The Morgan fingerprint density at radius 1 is 1.67 bits per heavy atom. The van der Waals surface area contributed by atoms with E-state index in [2.05, 4.69) is 4.74 Å². The van der Waals surface area contributed by atoms with Crippen LogP contribution in [0.3, 0.4) is 0 Å². The maximum atomic E-state index is 10.5. The molecule has 0 bridgehead atoms. The van der Waals surface area contributed by atoms with Crippen molar-refractivity contribution in [1.82, 2.24) is 0 Å². The molecule has 0 aromatic carbocycles. The highest BCUT2D eigenvalue weighted by molar-refractivity contribution is 5.74. The summed E-state index contributed by atoms with van der Waals surface area (Å²) in [6.45, 7) is 0.405. The second-order valence-electron chi connectivity index (χ2n) is 2.11. The summed E-state index contributed by atoms with van der Waals surface area (Å²) in [5, 5.41) is 0. The van der Waals surface area contributed by atoms with E-state index >= 15 is 0 Å². The van der Waals surface area contributed by atoms with E-state index in [0.717, 1.165) is 6.29 Å². The Balaban J connectivity index is 2.40. The molecule has 1 aliphatic rings. The average molecular weight is 128 g/mol. The van der Waals surface area contributed by atoms with Gasteiger partial charge in [0.15, 0.2) is 0 Å². The fraction of sp³-hybridized carbons (Fsp3) is 0.667. The highest BCUT2D eigenvalue weighted by atomic mass is 16.5. The van der Waals surface area contributed by atoms with Crippen molar-refractivity contribution in [1.29, 1.82) is 0 Å². The molecule has 1 aliphatic heterocycles. The van der Waals surface area contributed by atoms with Gasteiger partial charge in [-0.15, -0.1) is 0 Å². The Labute approximate surface area is 53.0 Å². The lowest BCUT2D eigenvalue weighted by molar-refractivity contribution is -0.150. The zero-order valence-corrected chi connectivity index (χ0v) is 5.00. The third-order valence-electron chi connectivity index (χ3n) is 1.37. The summed E-state index contributed by atoms with van der Waals surface area (Å²) >= 11 is 0. The quantitative estimate of drug-likeness (QED) is 0.372. The van der Waals surface area contributed by atoms with Crippen molar-refractivity contribution in [2.75, 3.05) is 6.61 Å². The van der Waals surface area contributed by atoms with Crippen LogP contribution in [0.25, 0.3) is 0 Å². The van der Waals surface area contributed by atoms with Crippen molar-refractivity contribution in [3.8, 4) is 0 Å². The van der Waals surface area contributed by atoms with Crippen LogP contribution in [-0.4, -0.2) is 18.9 Å². The Morgan fingerprint density at radius 3 is 2.89 bits per heavy atom. The molecule has 0 saturated carbocycles. The van der Waals surface area contributed by atoms with Crippen LogP contribution < -0.4 is 0 Å². The molecule has 1 heterocycles. The van der Waals surface area contributed by atoms with Crippen molar-refractivity contribution in [3.63, 3.8) is 0 Å². The summed E-state index contributed by atoms with van der Waals surface area (Å²) in [5.74, 6) is -0.343. The average Bonchev–Trinajstić information content (AvgIpc) is 1.88. The van der Waals surface area contributed by atoms with E-state index in [0.29, 0.717) is 13.0 Å². The third-order valence-corrected chi connectivity index (χ3v) is 1.37. The molecule has 1 rings (SSSR count). The number of hydrogen-bond donors (Lipinski definition) is 0. The van der Waals surface area contributed by atoms with Crippen LogP contribution >= 0.6 is 0 Å². The normalized spacial score (nSPS) is 27.1. The number of hydrogen-bond acceptors (Lipinski definition) is 3. The predicted octanol–water partition coefficient (Wildman–Crippen LogP) is 0.138. The number of cyclic esters (lactones) is 1. The van der Waals surface area contributed by atoms with Crippen molar-refractivity contribution < 1.29 is 14.3 Å². The molecule has 1 unspecified atom stereocenters. The molecule has 3 nitrogen and oxygen atoms in total. The van der Waals surface area contributed by atoms with Gasteiger partial charge in [-0.05, 0) is 6.42 Å². The standard InChI is InChI=1S/C6H8O3/c7-4-5-1-2-9-6(8)3-5/h4-5H,1-3H2. The Kier molecular flexibility index (Phi) is 1.82. The first-order valence-corrected chi connectivity index (χ1v) is 2.94. The van der Waals surface area contributed by atoms with Gasteiger partial charge in [-0.3, -0.25) is 4.79 Å². The van der Waals surface area contributed by atoms with Gasteiger partial charge in [0.1, 0.15) is 6.29 Å². The SMILES string of the molecule is O=CC1CCOC(=O)C1. The summed E-state index contributed by atoms with van der Waals surface area (Å²) in [4.78, 5) is 20.5. The first-order chi connectivity index (χ1) is 4.33. The van der Waals surface area contributed by atoms with Crippen LogP contribution in [0.4, 0.5) is 0 Å². The molecular weight excluding hydrogens is 120 g/mol. The highest BCUT2D eigenvalue weighted by Crippen LogP contribution is 2.12. The van der Waals surface area contributed by atoms with Crippen LogP contribution in [0, 0.1) is 5.92 Å². The van der Waals surface area contributed by atoms with Gasteiger partial charge in [-0.25, -0.2) is 0 Å². The molecule has 0 spiro atoms. The van der Waals surface area contributed by atoms with Crippen molar-refractivity contribution in [2.24, 2.45) is 5.92 Å². The zero-order chi connectivity index (χ0) is 6.69. The smallest absolute Gasteiger partial charge is 0.306 e. The zero-order valence-electron chi connectivity index (χ0n) is 5.00. The molecule has 50 valence electrons. The van der Waals surface area contributed by atoms with Crippen LogP contribution in [0.2, 0.25) is 0 Å². The maximum absolute atomic E-state index is 10.5. The Hall–Kier alpha value is -0.860. The van der Waals surface area contributed by atoms with Crippen LogP contribution in [-0.2, 0) is 14.3 Å². The Bertz CT molecular complexity index is 130. The lowest BCUT2D eigenvalue weighted by Gasteiger charge is -2.15. The van der Waals surface area contributed by atoms with Crippen molar-refractivity contribution >= 4 is 12.3 Å². The molecule has 9 heavy (non-hydrogen) atoms.